The summed E-state index contributed by atoms with van der Waals surface area (Å²) in [5.74, 6) is 0.835. The van der Waals surface area contributed by atoms with Crippen LogP contribution in [-0.4, -0.2) is 46.1 Å². The second-order valence-corrected chi connectivity index (χ2v) is 6.17. The number of para-hydroxylation sites is 1. The number of likely N-dealkylation sites (tertiary alicyclic amines) is 1. The molecular weight excluding hydrogens is 276 g/mol. The van der Waals surface area contributed by atoms with E-state index in [1.807, 2.05) is 35.1 Å². The number of hydrogen-bond acceptors (Lipinski definition) is 4. The van der Waals surface area contributed by atoms with Crippen LogP contribution in [0.5, 0.6) is 5.75 Å². The maximum absolute atomic E-state index is 5.42. The maximum atomic E-state index is 5.42. The first kappa shape index (κ1) is 15.0. The van der Waals surface area contributed by atoms with Crippen molar-refractivity contribution in [3.63, 3.8) is 0 Å². The Morgan fingerprint density at radius 2 is 2.09 bits per heavy atom. The van der Waals surface area contributed by atoms with Crippen LogP contribution in [0, 0.1) is 0 Å². The topological polar surface area (TPSA) is 43.2 Å². The summed E-state index contributed by atoms with van der Waals surface area (Å²) in [5.41, 5.74) is 1.87. The van der Waals surface area contributed by atoms with E-state index in [0.717, 1.165) is 30.0 Å². The number of benzene rings is 1. The SMILES string of the molecule is COc1ccccc1-c1cn(C2CCCN(C(C)C)C2)nn1. The minimum Gasteiger partial charge on any atom is -0.496 e. The van der Waals surface area contributed by atoms with Gasteiger partial charge in [-0.25, -0.2) is 4.68 Å². The lowest BCUT2D eigenvalue weighted by molar-refractivity contribution is 0.136. The van der Waals surface area contributed by atoms with E-state index in [1.165, 1.54) is 13.0 Å². The molecule has 0 spiro atoms. The van der Waals surface area contributed by atoms with Crippen molar-refractivity contribution in [3.05, 3.63) is 30.5 Å². The number of methoxy groups -OCH3 is 1. The number of hydrogen-bond donors (Lipinski definition) is 0. The number of aromatic nitrogens is 3. The average Bonchev–Trinajstić information content (AvgIpc) is 3.04. The van der Waals surface area contributed by atoms with Gasteiger partial charge in [0, 0.05) is 18.2 Å². The Morgan fingerprint density at radius 3 is 2.86 bits per heavy atom. The Kier molecular flexibility index (Phi) is 4.43. The average molecular weight is 300 g/mol. The van der Waals surface area contributed by atoms with Crippen LogP contribution >= 0.6 is 0 Å². The molecule has 3 rings (SSSR count). The van der Waals surface area contributed by atoms with Crippen molar-refractivity contribution in [2.45, 2.75) is 38.8 Å². The summed E-state index contributed by atoms with van der Waals surface area (Å²) < 4.78 is 7.44. The quantitative estimate of drug-likeness (QED) is 0.870. The summed E-state index contributed by atoms with van der Waals surface area (Å²) in [4.78, 5) is 2.51. The van der Waals surface area contributed by atoms with Crippen molar-refractivity contribution in [2.75, 3.05) is 20.2 Å². The minimum absolute atomic E-state index is 0.409. The molecule has 1 unspecified atom stereocenters. The zero-order chi connectivity index (χ0) is 15.5. The van der Waals surface area contributed by atoms with E-state index in [9.17, 15) is 0 Å². The molecule has 2 aromatic rings. The molecule has 1 aromatic heterocycles. The Balaban J connectivity index is 1.81. The summed E-state index contributed by atoms with van der Waals surface area (Å²) in [6.07, 6.45) is 4.43. The number of piperidine rings is 1. The second-order valence-electron chi connectivity index (χ2n) is 6.17. The molecule has 5 heteroatoms. The molecule has 118 valence electrons. The molecule has 0 radical (unpaired) electrons. The fraction of sp³-hybridized carbons (Fsp3) is 0.529. The highest BCUT2D eigenvalue weighted by Crippen LogP contribution is 2.29. The minimum atomic E-state index is 0.409. The summed E-state index contributed by atoms with van der Waals surface area (Å²) in [5, 5.41) is 8.72. The van der Waals surface area contributed by atoms with Crippen LogP contribution in [-0.2, 0) is 0 Å². The van der Waals surface area contributed by atoms with E-state index in [0.29, 0.717) is 12.1 Å². The van der Waals surface area contributed by atoms with Crippen molar-refractivity contribution < 1.29 is 4.74 Å². The van der Waals surface area contributed by atoms with Gasteiger partial charge in [-0.05, 0) is 45.4 Å². The third kappa shape index (κ3) is 2.99. The number of rotatable bonds is 4. The van der Waals surface area contributed by atoms with Crippen LogP contribution in [0.2, 0.25) is 0 Å². The third-order valence-electron chi connectivity index (χ3n) is 4.43. The smallest absolute Gasteiger partial charge is 0.128 e. The number of ether oxygens (including phenoxy) is 1. The highest BCUT2D eigenvalue weighted by atomic mass is 16.5. The Morgan fingerprint density at radius 1 is 1.27 bits per heavy atom. The molecule has 1 atom stereocenters. The Bertz CT molecular complexity index is 623. The first-order valence-corrected chi connectivity index (χ1v) is 7.98. The lowest BCUT2D eigenvalue weighted by Crippen LogP contribution is -2.40. The molecule has 0 saturated carbocycles. The molecule has 0 bridgehead atoms. The second kappa shape index (κ2) is 6.48. The zero-order valence-electron chi connectivity index (χ0n) is 13.6. The van der Waals surface area contributed by atoms with Crippen LogP contribution in [0.3, 0.4) is 0 Å². The molecule has 5 nitrogen and oxygen atoms in total. The van der Waals surface area contributed by atoms with Crippen molar-refractivity contribution >= 4 is 0 Å². The van der Waals surface area contributed by atoms with Crippen LogP contribution in [0.25, 0.3) is 11.3 Å². The summed E-state index contributed by atoms with van der Waals surface area (Å²) in [6.45, 7) is 6.74. The molecule has 0 amide bonds. The van der Waals surface area contributed by atoms with Gasteiger partial charge in [0.05, 0.1) is 19.3 Å². The zero-order valence-corrected chi connectivity index (χ0v) is 13.6. The van der Waals surface area contributed by atoms with Gasteiger partial charge in [-0.1, -0.05) is 17.3 Å². The molecule has 1 aromatic carbocycles. The van der Waals surface area contributed by atoms with Crippen LogP contribution < -0.4 is 4.74 Å². The first-order valence-electron chi connectivity index (χ1n) is 7.98. The molecule has 22 heavy (non-hydrogen) atoms. The largest absolute Gasteiger partial charge is 0.496 e. The molecule has 2 heterocycles. The van der Waals surface area contributed by atoms with Crippen LogP contribution in [0.1, 0.15) is 32.7 Å². The molecule has 1 aliphatic heterocycles. The predicted octanol–water partition coefficient (Wildman–Crippen LogP) is 3.00. The van der Waals surface area contributed by atoms with Crippen molar-refractivity contribution in [3.8, 4) is 17.0 Å². The predicted molar refractivity (Wildman–Crippen MR) is 87.0 cm³/mol. The van der Waals surface area contributed by atoms with Crippen molar-refractivity contribution in [1.82, 2.24) is 19.9 Å². The van der Waals surface area contributed by atoms with Crippen molar-refractivity contribution in [1.29, 1.82) is 0 Å². The van der Waals surface area contributed by atoms with Gasteiger partial charge in [0.1, 0.15) is 11.4 Å². The molecule has 1 aliphatic rings. The normalized spacial score (nSPS) is 19.5. The monoisotopic (exact) mass is 300 g/mol. The van der Waals surface area contributed by atoms with Gasteiger partial charge in [-0.15, -0.1) is 5.10 Å². The van der Waals surface area contributed by atoms with Gasteiger partial charge in [0.15, 0.2) is 0 Å². The number of nitrogens with zero attached hydrogens (tertiary/aromatic N) is 4. The van der Waals surface area contributed by atoms with E-state index in [2.05, 4.69) is 29.1 Å². The highest BCUT2D eigenvalue weighted by Gasteiger charge is 2.24. The molecule has 1 fully saturated rings. The van der Waals surface area contributed by atoms with Gasteiger partial charge in [0.25, 0.3) is 0 Å². The standard InChI is InChI=1S/C17H24N4O/c1-13(2)20-10-6-7-14(11-20)21-12-16(18-19-21)15-8-4-5-9-17(15)22-3/h4-5,8-9,12-14H,6-7,10-11H2,1-3H3. The fourth-order valence-corrected chi connectivity index (χ4v) is 3.10. The highest BCUT2D eigenvalue weighted by molar-refractivity contribution is 5.66. The van der Waals surface area contributed by atoms with Gasteiger partial charge >= 0.3 is 0 Å². The van der Waals surface area contributed by atoms with E-state index < -0.39 is 0 Å². The van der Waals surface area contributed by atoms with Gasteiger partial charge in [-0.2, -0.15) is 0 Å². The summed E-state index contributed by atoms with van der Waals surface area (Å²) >= 11 is 0. The van der Waals surface area contributed by atoms with E-state index in [1.54, 1.807) is 7.11 Å². The summed E-state index contributed by atoms with van der Waals surface area (Å²) in [6, 6.07) is 8.93. The fourth-order valence-electron chi connectivity index (χ4n) is 3.10. The van der Waals surface area contributed by atoms with Gasteiger partial charge in [-0.3, -0.25) is 4.90 Å². The Labute approximate surface area is 131 Å². The lowest BCUT2D eigenvalue weighted by atomic mass is 10.0. The van der Waals surface area contributed by atoms with Crippen LogP contribution in [0.4, 0.5) is 0 Å². The maximum Gasteiger partial charge on any atom is 0.128 e. The first-order chi connectivity index (χ1) is 10.7. The van der Waals surface area contributed by atoms with E-state index >= 15 is 0 Å². The van der Waals surface area contributed by atoms with E-state index in [4.69, 9.17) is 4.74 Å². The Hall–Kier alpha value is -1.88. The van der Waals surface area contributed by atoms with Gasteiger partial charge in [0.2, 0.25) is 0 Å². The molecule has 0 aliphatic carbocycles. The molecular formula is C17H24N4O. The van der Waals surface area contributed by atoms with Crippen LogP contribution in [0.15, 0.2) is 30.5 Å². The van der Waals surface area contributed by atoms with Gasteiger partial charge < -0.3 is 4.74 Å². The third-order valence-corrected chi connectivity index (χ3v) is 4.43. The molecule has 1 saturated heterocycles. The summed E-state index contributed by atoms with van der Waals surface area (Å²) in [7, 11) is 1.69. The van der Waals surface area contributed by atoms with Crippen molar-refractivity contribution in [2.24, 2.45) is 0 Å². The lowest BCUT2D eigenvalue weighted by Gasteiger charge is -2.35. The molecule has 0 N–H and O–H groups in total. The van der Waals surface area contributed by atoms with E-state index in [-0.39, 0.29) is 0 Å².